The maximum atomic E-state index is 14.0. The molecule has 1 aliphatic heterocycles. The van der Waals surface area contributed by atoms with Gasteiger partial charge in [0.15, 0.2) is 0 Å². The molecule has 0 aromatic heterocycles. The number of Topliss-reactive ketones (excluding diaryl/α,β-unsaturated/α-hetero) is 1. The summed E-state index contributed by atoms with van der Waals surface area (Å²) in [6.07, 6.45) is 0. The Kier molecular flexibility index (Phi) is 3.76. The Bertz CT molecular complexity index is 1270. The van der Waals surface area contributed by atoms with Crippen molar-refractivity contribution in [2.75, 3.05) is 4.90 Å². The maximum absolute atomic E-state index is 14.0. The van der Waals surface area contributed by atoms with Gasteiger partial charge in [0.2, 0.25) is 11.8 Å². The number of rotatable bonds is 2. The monoisotopic (exact) mass is 471 g/mol. The first-order valence-electron chi connectivity index (χ1n) is 10.3. The fourth-order valence-electron chi connectivity index (χ4n) is 6.24. The molecule has 2 unspecified atom stereocenters. The van der Waals surface area contributed by atoms with E-state index in [2.05, 4.69) is 15.9 Å². The van der Waals surface area contributed by atoms with Crippen LogP contribution in [0.15, 0.2) is 77.3 Å². The summed E-state index contributed by atoms with van der Waals surface area (Å²) in [5.41, 5.74) is 3.05. The topological polar surface area (TPSA) is 54.5 Å². The molecule has 3 aromatic rings. The summed E-state index contributed by atoms with van der Waals surface area (Å²) in [6, 6.07) is 22.9. The molecule has 31 heavy (non-hydrogen) atoms. The number of ketones is 1. The van der Waals surface area contributed by atoms with E-state index in [4.69, 9.17) is 0 Å². The standard InChI is InChI=1S/C26H18BrNO3/c1-14(29)26-17-10-4-2-8-15(17)21(16-9-3-5-11-18(16)26)22-23(26)25(31)28(24(22)30)20-13-7-6-12-19(20)27/h2-13,21-23H,1H3. The van der Waals surface area contributed by atoms with Gasteiger partial charge in [-0.05, 0) is 57.2 Å². The molecule has 1 heterocycles. The second kappa shape index (κ2) is 6.24. The molecule has 4 aliphatic rings. The molecule has 2 bridgehead atoms. The maximum Gasteiger partial charge on any atom is 0.239 e. The third kappa shape index (κ3) is 2.07. The third-order valence-electron chi connectivity index (χ3n) is 7.27. The van der Waals surface area contributed by atoms with Crippen LogP contribution in [0.3, 0.4) is 0 Å². The number of nitrogens with zero attached hydrogens (tertiary/aromatic N) is 1. The van der Waals surface area contributed by atoms with Gasteiger partial charge in [0.05, 0.1) is 22.9 Å². The van der Waals surface area contributed by atoms with E-state index in [1.807, 2.05) is 66.7 Å². The zero-order valence-corrected chi connectivity index (χ0v) is 18.3. The molecule has 7 rings (SSSR count). The quantitative estimate of drug-likeness (QED) is 0.513. The number of halogens is 1. The molecular formula is C26H18BrNO3. The van der Waals surface area contributed by atoms with Gasteiger partial charge in [-0.3, -0.25) is 14.4 Å². The van der Waals surface area contributed by atoms with Gasteiger partial charge >= 0.3 is 0 Å². The van der Waals surface area contributed by atoms with Crippen LogP contribution in [0.2, 0.25) is 0 Å². The first-order chi connectivity index (χ1) is 15.0. The van der Waals surface area contributed by atoms with Crippen LogP contribution in [0.25, 0.3) is 0 Å². The molecule has 0 saturated carbocycles. The summed E-state index contributed by atoms with van der Waals surface area (Å²) in [5.74, 6) is -2.24. The summed E-state index contributed by atoms with van der Waals surface area (Å²) in [6.45, 7) is 1.55. The molecule has 0 spiro atoms. The van der Waals surface area contributed by atoms with Crippen LogP contribution in [0.1, 0.15) is 35.1 Å². The Morgan fingerprint density at radius 2 is 1.39 bits per heavy atom. The number of benzene rings is 3. The number of imide groups is 1. The van der Waals surface area contributed by atoms with E-state index in [1.165, 1.54) is 4.90 Å². The van der Waals surface area contributed by atoms with Crippen LogP contribution >= 0.6 is 15.9 Å². The SMILES string of the molecule is CC(=O)C12c3ccccc3C(c3ccccc31)C1C(=O)N(c3ccccc3Br)C(=O)C12. The minimum atomic E-state index is -1.16. The molecule has 5 heteroatoms. The van der Waals surface area contributed by atoms with Crippen molar-refractivity contribution in [2.24, 2.45) is 11.8 Å². The number of amides is 2. The van der Waals surface area contributed by atoms with E-state index in [0.29, 0.717) is 10.2 Å². The molecule has 1 fully saturated rings. The minimum Gasteiger partial charge on any atom is -0.299 e. The molecule has 3 aromatic carbocycles. The highest BCUT2D eigenvalue weighted by Gasteiger charge is 2.70. The molecule has 2 atom stereocenters. The number of carbonyl (C=O) groups is 3. The Balaban J connectivity index is 1.69. The average molecular weight is 472 g/mol. The summed E-state index contributed by atoms with van der Waals surface area (Å²) >= 11 is 3.49. The van der Waals surface area contributed by atoms with Gasteiger partial charge < -0.3 is 0 Å². The van der Waals surface area contributed by atoms with Crippen molar-refractivity contribution in [3.63, 3.8) is 0 Å². The van der Waals surface area contributed by atoms with Gasteiger partial charge in [-0.1, -0.05) is 60.7 Å². The van der Waals surface area contributed by atoms with Gasteiger partial charge in [0, 0.05) is 10.4 Å². The molecular weight excluding hydrogens is 454 g/mol. The van der Waals surface area contributed by atoms with Crippen LogP contribution in [0, 0.1) is 11.8 Å². The molecule has 152 valence electrons. The van der Waals surface area contributed by atoms with Crippen molar-refractivity contribution in [1.82, 2.24) is 0 Å². The van der Waals surface area contributed by atoms with Crippen molar-refractivity contribution in [3.8, 4) is 0 Å². The Morgan fingerprint density at radius 1 is 0.839 bits per heavy atom. The third-order valence-corrected chi connectivity index (χ3v) is 7.94. The van der Waals surface area contributed by atoms with Gasteiger partial charge in [0.1, 0.15) is 5.78 Å². The van der Waals surface area contributed by atoms with Gasteiger partial charge in [-0.25, -0.2) is 4.90 Å². The first kappa shape index (κ1) is 18.7. The summed E-state index contributed by atoms with van der Waals surface area (Å²) < 4.78 is 0.676. The number of anilines is 1. The van der Waals surface area contributed by atoms with Gasteiger partial charge in [-0.2, -0.15) is 0 Å². The summed E-state index contributed by atoms with van der Waals surface area (Å²) in [5, 5.41) is 0. The lowest BCUT2D eigenvalue weighted by Gasteiger charge is -2.52. The van der Waals surface area contributed by atoms with Crippen LogP contribution in [0.5, 0.6) is 0 Å². The van der Waals surface area contributed by atoms with Crippen molar-refractivity contribution in [1.29, 1.82) is 0 Å². The molecule has 4 nitrogen and oxygen atoms in total. The van der Waals surface area contributed by atoms with Crippen molar-refractivity contribution >= 4 is 39.2 Å². The highest BCUT2D eigenvalue weighted by molar-refractivity contribution is 9.10. The molecule has 2 amide bonds. The zero-order chi connectivity index (χ0) is 21.5. The molecule has 0 radical (unpaired) electrons. The second-order valence-electron chi connectivity index (χ2n) is 8.48. The van der Waals surface area contributed by atoms with Gasteiger partial charge in [-0.15, -0.1) is 0 Å². The molecule has 3 aliphatic carbocycles. The minimum absolute atomic E-state index is 0.101. The number of carbonyl (C=O) groups excluding carboxylic acids is 3. The van der Waals surface area contributed by atoms with Crippen LogP contribution < -0.4 is 4.90 Å². The second-order valence-corrected chi connectivity index (χ2v) is 9.34. The summed E-state index contributed by atoms with van der Waals surface area (Å²) in [7, 11) is 0. The summed E-state index contributed by atoms with van der Waals surface area (Å²) in [4.78, 5) is 42.6. The van der Waals surface area contributed by atoms with Crippen LogP contribution in [-0.2, 0) is 19.8 Å². The Labute approximate surface area is 188 Å². The lowest BCUT2D eigenvalue weighted by atomic mass is 9.46. The normalized spacial score (nSPS) is 27.7. The van der Waals surface area contributed by atoms with E-state index in [-0.39, 0.29) is 23.5 Å². The molecule has 1 saturated heterocycles. The van der Waals surface area contributed by atoms with Crippen molar-refractivity contribution < 1.29 is 14.4 Å². The van der Waals surface area contributed by atoms with Crippen molar-refractivity contribution in [2.45, 2.75) is 18.3 Å². The van der Waals surface area contributed by atoms with E-state index >= 15 is 0 Å². The highest BCUT2D eigenvalue weighted by atomic mass is 79.9. The zero-order valence-electron chi connectivity index (χ0n) is 16.7. The number of para-hydroxylation sites is 1. The smallest absolute Gasteiger partial charge is 0.239 e. The first-order valence-corrected chi connectivity index (χ1v) is 11.1. The van der Waals surface area contributed by atoms with Crippen molar-refractivity contribution in [3.05, 3.63) is 99.5 Å². The predicted molar refractivity (Wildman–Crippen MR) is 120 cm³/mol. The largest absolute Gasteiger partial charge is 0.299 e. The highest BCUT2D eigenvalue weighted by Crippen LogP contribution is 2.64. The lowest BCUT2D eigenvalue weighted by Crippen LogP contribution is -2.57. The van der Waals surface area contributed by atoms with Gasteiger partial charge in [0.25, 0.3) is 0 Å². The predicted octanol–water partition coefficient (Wildman–Crippen LogP) is 4.59. The van der Waals surface area contributed by atoms with E-state index in [0.717, 1.165) is 22.3 Å². The van der Waals surface area contributed by atoms with E-state index in [1.54, 1.807) is 13.0 Å². The number of hydrogen-bond acceptors (Lipinski definition) is 3. The van der Waals surface area contributed by atoms with E-state index in [9.17, 15) is 14.4 Å². The Morgan fingerprint density at radius 3 is 1.97 bits per heavy atom. The van der Waals surface area contributed by atoms with E-state index < -0.39 is 17.3 Å². The number of hydrogen-bond donors (Lipinski definition) is 0. The fraction of sp³-hybridized carbons (Fsp3) is 0.192. The lowest BCUT2D eigenvalue weighted by molar-refractivity contribution is -0.132. The van der Waals surface area contributed by atoms with Crippen LogP contribution in [-0.4, -0.2) is 17.6 Å². The average Bonchev–Trinajstić information content (AvgIpc) is 3.05. The Hall–Kier alpha value is -3.05. The fourth-order valence-corrected chi connectivity index (χ4v) is 6.70. The van der Waals surface area contributed by atoms with Crippen LogP contribution in [0.4, 0.5) is 5.69 Å². The molecule has 0 N–H and O–H groups in total.